The molecule has 2 fully saturated rings. The van der Waals surface area contributed by atoms with E-state index in [1.165, 1.54) is 6.26 Å². The summed E-state index contributed by atoms with van der Waals surface area (Å²) in [6, 6.07) is 4.10. The van der Waals surface area contributed by atoms with Gasteiger partial charge in [0.05, 0.1) is 6.26 Å². The molecule has 0 bridgehead atoms. The number of carboxylic acids is 2. The van der Waals surface area contributed by atoms with Gasteiger partial charge in [-0.15, -0.1) is 0 Å². The van der Waals surface area contributed by atoms with Crippen LogP contribution in [0.15, 0.2) is 22.8 Å². The van der Waals surface area contributed by atoms with Crippen LogP contribution in [0.25, 0.3) is 0 Å². The van der Waals surface area contributed by atoms with Crippen molar-refractivity contribution in [2.24, 2.45) is 11.7 Å². The molecule has 10 nitrogen and oxygen atoms in total. The Balaban J connectivity index is 0.000000199. The number of rotatable bonds is 5. The number of fused-ring (bicyclic) bond motifs is 1. The Morgan fingerprint density at radius 3 is 2.24 bits per heavy atom. The molecule has 5 unspecified atom stereocenters. The number of likely N-dealkylation sites (tertiary alicyclic amines) is 1. The molecular formula is C15H20N2O8. The van der Waals surface area contributed by atoms with Crippen LogP contribution in [0.5, 0.6) is 0 Å². The number of nitrogens with zero attached hydrogens (tertiary/aromatic N) is 1. The van der Waals surface area contributed by atoms with Crippen molar-refractivity contribution in [3.8, 4) is 0 Å². The minimum atomic E-state index is -2.27. The summed E-state index contributed by atoms with van der Waals surface area (Å²) in [6.45, 7) is 0.555. The normalized spacial score (nSPS) is 26.0. The summed E-state index contributed by atoms with van der Waals surface area (Å²) in [4.78, 5) is 33.6. The van der Waals surface area contributed by atoms with Crippen LogP contribution >= 0.6 is 0 Å². The minimum Gasteiger partial charge on any atom is -0.479 e. The molecule has 2 heterocycles. The summed E-state index contributed by atoms with van der Waals surface area (Å²) in [5, 5.41) is 32.5. The van der Waals surface area contributed by atoms with E-state index in [1.807, 2.05) is 4.90 Å². The topological polar surface area (TPSA) is 175 Å². The predicted molar refractivity (Wildman–Crippen MR) is 81.5 cm³/mol. The van der Waals surface area contributed by atoms with E-state index in [-0.39, 0.29) is 11.9 Å². The number of carbonyl (C=O) groups is 3. The zero-order valence-corrected chi connectivity index (χ0v) is 13.2. The highest BCUT2D eigenvalue weighted by atomic mass is 16.4. The number of amides is 1. The van der Waals surface area contributed by atoms with Crippen LogP contribution in [0.4, 0.5) is 0 Å². The first-order valence-corrected chi connectivity index (χ1v) is 7.65. The number of aliphatic hydroxyl groups is 2. The van der Waals surface area contributed by atoms with Crippen molar-refractivity contribution in [3.63, 3.8) is 0 Å². The maximum atomic E-state index is 12.1. The van der Waals surface area contributed by atoms with Crippen molar-refractivity contribution in [2.75, 3.05) is 6.54 Å². The number of hydrogen-bond acceptors (Lipinski definition) is 7. The number of carbonyl (C=O) groups excluding carboxylic acids is 1. The van der Waals surface area contributed by atoms with Crippen molar-refractivity contribution in [1.82, 2.24) is 4.90 Å². The molecule has 6 N–H and O–H groups in total. The highest BCUT2D eigenvalue weighted by Crippen LogP contribution is 2.48. The smallest absolute Gasteiger partial charge is 0.335 e. The van der Waals surface area contributed by atoms with Gasteiger partial charge < -0.3 is 35.5 Å². The molecule has 10 heteroatoms. The first kappa shape index (κ1) is 18.9. The fourth-order valence-electron chi connectivity index (χ4n) is 2.88. The first-order chi connectivity index (χ1) is 11.8. The second-order valence-electron chi connectivity index (χ2n) is 5.94. The van der Waals surface area contributed by atoms with Crippen molar-refractivity contribution in [1.29, 1.82) is 0 Å². The average Bonchev–Trinajstić information content (AvgIpc) is 3.02. The third-order valence-corrected chi connectivity index (χ3v) is 4.25. The lowest BCUT2D eigenvalue weighted by Crippen LogP contribution is -2.42. The van der Waals surface area contributed by atoms with E-state index in [9.17, 15) is 14.4 Å². The molecule has 1 saturated carbocycles. The summed E-state index contributed by atoms with van der Waals surface area (Å²) < 4.78 is 5.14. The summed E-state index contributed by atoms with van der Waals surface area (Å²) in [5.74, 6) is -2.41. The van der Waals surface area contributed by atoms with Crippen LogP contribution in [0.1, 0.15) is 23.4 Å². The van der Waals surface area contributed by atoms with E-state index in [1.54, 1.807) is 12.1 Å². The molecule has 0 radical (unpaired) electrons. The Kier molecular flexibility index (Phi) is 5.77. The van der Waals surface area contributed by atoms with Gasteiger partial charge in [-0.1, -0.05) is 0 Å². The molecule has 1 amide bonds. The summed E-state index contributed by atoms with van der Waals surface area (Å²) in [7, 11) is 0. The maximum absolute atomic E-state index is 12.1. The zero-order chi connectivity index (χ0) is 18.7. The molecule has 5 atom stereocenters. The summed E-state index contributed by atoms with van der Waals surface area (Å²) >= 11 is 0. The number of aliphatic hydroxyl groups excluding tert-OH is 2. The number of nitrogens with two attached hydrogens (primary N) is 1. The molecule has 0 aromatic carbocycles. The summed E-state index contributed by atoms with van der Waals surface area (Å²) in [6.07, 6.45) is -0.795. The molecule has 3 rings (SSSR count). The average molecular weight is 356 g/mol. The fraction of sp³-hybridized carbons (Fsp3) is 0.533. The monoisotopic (exact) mass is 356 g/mol. The molecule has 1 aliphatic carbocycles. The van der Waals surface area contributed by atoms with E-state index in [0.717, 1.165) is 12.8 Å². The summed E-state index contributed by atoms with van der Waals surface area (Å²) in [5.41, 5.74) is 5.67. The van der Waals surface area contributed by atoms with E-state index in [2.05, 4.69) is 0 Å². The molecule has 1 aromatic rings. The Hall–Kier alpha value is -2.43. The van der Waals surface area contributed by atoms with Gasteiger partial charge in [-0.25, -0.2) is 9.59 Å². The molecule has 1 aromatic heterocycles. The van der Waals surface area contributed by atoms with E-state index in [4.69, 9.17) is 30.6 Å². The van der Waals surface area contributed by atoms with Crippen LogP contribution in [-0.4, -0.2) is 74.0 Å². The largest absolute Gasteiger partial charge is 0.479 e. The van der Waals surface area contributed by atoms with Gasteiger partial charge in [0.2, 0.25) is 0 Å². The molecule has 1 aliphatic heterocycles. The van der Waals surface area contributed by atoms with Crippen LogP contribution in [0.3, 0.4) is 0 Å². The predicted octanol–water partition coefficient (Wildman–Crippen LogP) is -1.28. The number of carboxylic acid groups (broad SMARTS) is 2. The fourth-order valence-corrected chi connectivity index (χ4v) is 2.88. The Bertz CT molecular complexity index is 613. The maximum Gasteiger partial charge on any atom is 0.335 e. The third kappa shape index (κ3) is 4.16. The lowest BCUT2D eigenvalue weighted by atomic mass is 10.1. The number of furan rings is 1. The Morgan fingerprint density at radius 1 is 1.20 bits per heavy atom. The number of aliphatic carboxylic acids is 2. The SMILES string of the molecule is NCC1CC2CC2N1C(=O)c1ccco1.O=C(O)C(O)C(O)C(=O)O. The van der Waals surface area contributed by atoms with E-state index >= 15 is 0 Å². The second-order valence-corrected chi connectivity index (χ2v) is 5.94. The molecule has 138 valence electrons. The molecule has 25 heavy (non-hydrogen) atoms. The van der Waals surface area contributed by atoms with Gasteiger partial charge in [-0.3, -0.25) is 4.79 Å². The van der Waals surface area contributed by atoms with Crippen LogP contribution in [-0.2, 0) is 9.59 Å². The van der Waals surface area contributed by atoms with E-state index in [0.29, 0.717) is 24.3 Å². The van der Waals surface area contributed by atoms with Gasteiger partial charge in [0.25, 0.3) is 5.91 Å². The van der Waals surface area contributed by atoms with Crippen molar-refractivity contribution in [3.05, 3.63) is 24.2 Å². The van der Waals surface area contributed by atoms with Gasteiger partial charge in [-0.05, 0) is 30.9 Å². The zero-order valence-electron chi connectivity index (χ0n) is 13.2. The van der Waals surface area contributed by atoms with E-state index < -0.39 is 24.1 Å². The molecule has 0 spiro atoms. The molecule has 2 aliphatic rings. The van der Waals surface area contributed by atoms with Crippen molar-refractivity contribution in [2.45, 2.75) is 37.1 Å². The van der Waals surface area contributed by atoms with Gasteiger partial charge in [0, 0.05) is 18.6 Å². The third-order valence-electron chi connectivity index (χ3n) is 4.25. The Labute approximate surface area is 142 Å². The Morgan fingerprint density at radius 2 is 1.80 bits per heavy atom. The quantitative estimate of drug-likeness (QED) is 0.430. The van der Waals surface area contributed by atoms with Crippen molar-refractivity contribution >= 4 is 17.8 Å². The molecular weight excluding hydrogens is 336 g/mol. The van der Waals surface area contributed by atoms with Crippen LogP contribution in [0, 0.1) is 5.92 Å². The van der Waals surface area contributed by atoms with Gasteiger partial charge in [-0.2, -0.15) is 0 Å². The second kappa shape index (κ2) is 7.64. The van der Waals surface area contributed by atoms with Crippen LogP contribution < -0.4 is 5.73 Å². The first-order valence-electron chi connectivity index (χ1n) is 7.65. The molecule has 1 saturated heterocycles. The van der Waals surface area contributed by atoms with Crippen LogP contribution in [0.2, 0.25) is 0 Å². The lowest BCUT2D eigenvalue weighted by molar-refractivity contribution is -0.165. The lowest BCUT2D eigenvalue weighted by Gasteiger charge is -2.25. The number of hydrogen-bond donors (Lipinski definition) is 5. The highest BCUT2D eigenvalue weighted by Gasteiger charge is 2.53. The van der Waals surface area contributed by atoms with Gasteiger partial charge in [0.15, 0.2) is 18.0 Å². The number of piperidine rings is 1. The highest BCUT2D eigenvalue weighted by molar-refractivity contribution is 5.92. The van der Waals surface area contributed by atoms with Gasteiger partial charge in [0.1, 0.15) is 0 Å². The van der Waals surface area contributed by atoms with Gasteiger partial charge >= 0.3 is 11.9 Å². The standard InChI is InChI=1S/C11H14N2O2.C4H6O6/c12-6-8-4-7-5-9(7)13(8)11(14)10-2-1-3-15-10;5-1(3(7)8)2(6)4(9)10/h1-3,7-9H,4-6,12H2;1-2,5-6H,(H,7,8)(H,9,10). The minimum absolute atomic E-state index is 0.000417. The van der Waals surface area contributed by atoms with Crippen molar-refractivity contribution < 1.29 is 39.2 Å².